The monoisotopic (exact) mass is 176 g/mol. The Labute approximate surface area is 74.3 Å². The van der Waals surface area contributed by atoms with Gasteiger partial charge in [-0.2, -0.15) is 0 Å². The number of amidine groups is 1. The van der Waals surface area contributed by atoms with E-state index in [0.29, 0.717) is 5.76 Å². The molecule has 0 fully saturated rings. The van der Waals surface area contributed by atoms with Crippen molar-refractivity contribution >= 4 is 16.6 Å². The van der Waals surface area contributed by atoms with Gasteiger partial charge in [0, 0.05) is 10.8 Å². The molecule has 3 N–H and O–H groups in total. The van der Waals surface area contributed by atoms with Gasteiger partial charge in [-0.05, 0) is 0 Å². The summed E-state index contributed by atoms with van der Waals surface area (Å²) in [5.41, 5.74) is 5.41. The second-order valence-electron chi connectivity index (χ2n) is 2.64. The van der Waals surface area contributed by atoms with E-state index >= 15 is 0 Å². The molecule has 0 aliphatic carbocycles. The fraction of sp³-hybridized carbons (Fsp3) is 0. The zero-order valence-corrected chi connectivity index (χ0v) is 6.77. The second kappa shape index (κ2) is 2.82. The van der Waals surface area contributed by atoms with Crippen molar-refractivity contribution in [1.29, 1.82) is 0 Å². The van der Waals surface area contributed by atoms with Gasteiger partial charge in [0.2, 0.25) is 5.84 Å². The van der Waals surface area contributed by atoms with Crippen LogP contribution in [0.4, 0.5) is 0 Å². The van der Waals surface area contributed by atoms with Crippen LogP contribution in [-0.4, -0.2) is 11.0 Å². The average Bonchev–Trinajstić information content (AvgIpc) is 2.60. The van der Waals surface area contributed by atoms with Crippen molar-refractivity contribution in [2.24, 2.45) is 10.9 Å². The van der Waals surface area contributed by atoms with E-state index in [9.17, 15) is 0 Å². The maximum atomic E-state index is 8.47. The Hall–Kier alpha value is -1.97. The van der Waals surface area contributed by atoms with Crippen molar-refractivity contribution in [2.45, 2.75) is 0 Å². The lowest BCUT2D eigenvalue weighted by Crippen LogP contribution is -2.12. The average molecular weight is 176 g/mol. The first-order valence-corrected chi connectivity index (χ1v) is 3.77. The van der Waals surface area contributed by atoms with Gasteiger partial charge in [-0.3, -0.25) is 0 Å². The molecule has 0 spiro atoms. The largest absolute Gasteiger partial charge is 0.460 e. The second-order valence-corrected chi connectivity index (χ2v) is 2.64. The summed E-state index contributed by atoms with van der Waals surface area (Å²) in [7, 11) is 0. The first kappa shape index (κ1) is 7.67. The van der Waals surface area contributed by atoms with Gasteiger partial charge in [0.05, 0.1) is 6.26 Å². The number of fused-ring (bicyclic) bond motifs is 1. The highest BCUT2D eigenvalue weighted by molar-refractivity contribution is 6.06. The number of furan rings is 1. The summed E-state index contributed by atoms with van der Waals surface area (Å²) in [6.45, 7) is 0. The Morgan fingerprint density at radius 3 is 2.92 bits per heavy atom. The molecule has 0 aliphatic heterocycles. The zero-order chi connectivity index (χ0) is 9.26. The van der Waals surface area contributed by atoms with Crippen LogP contribution in [0.25, 0.3) is 10.8 Å². The van der Waals surface area contributed by atoms with Crippen molar-refractivity contribution in [3.63, 3.8) is 0 Å². The molecule has 0 unspecified atom stereocenters. The molecule has 0 aliphatic rings. The van der Waals surface area contributed by atoms with Crippen molar-refractivity contribution in [1.82, 2.24) is 0 Å². The molecule has 0 bridgehead atoms. The topological polar surface area (TPSA) is 71.8 Å². The van der Waals surface area contributed by atoms with Gasteiger partial charge < -0.3 is 15.4 Å². The summed E-state index contributed by atoms with van der Waals surface area (Å²) in [4.78, 5) is 0. The van der Waals surface area contributed by atoms with Crippen molar-refractivity contribution in [3.8, 4) is 0 Å². The van der Waals surface area contributed by atoms with Crippen molar-refractivity contribution in [2.75, 3.05) is 0 Å². The molecule has 0 saturated carbocycles. The SMILES string of the molecule is NC(=NO)c1occ2ccccc12. The molecule has 2 aromatic rings. The number of benzene rings is 1. The number of oxime groups is 1. The van der Waals surface area contributed by atoms with E-state index in [1.54, 1.807) is 6.26 Å². The van der Waals surface area contributed by atoms with Crippen LogP contribution >= 0.6 is 0 Å². The van der Waals surface area contributed by atoms with Crippen LogP contribution in [0.5, 0.6) is 0 Å². The maximum Gasteiger partial charge on any atom is 0.206 e. The van der Waals surface area contributed by atoms with Crippen LogP contribution in [0.15, 0.2) is 40.1 Å². The first-order valence-electron chi connectivity index (χ1n) is 3.77. The highest BCUT2D eigenvalue weighted by atomic mass is 16.4. The summed E-state index contributed by atoms with van der Waals surface area (Å²) in [6, 6.07) is 7.51. The van der Waals surface area contributed by atoms with Crippen LogP contribution in [0.2, 0.25) is 0 Å². The quantitative estimate of drug-likeness (QED) is 0.299. The minimum Gasteiger partial charge on any atom is -0.460 e. The van der Waals surface area contributed by atoms with E-state index in [0.717, 1.165) is 10.8 Å². The molecular formula is C9H8N2O2. The van der Waals surface area contributed by atoms with Crippen molar-refractivity contribution in [3.05, 3.63) is 36.3 Å². The first-order chi connectivity index (χ1) is 6.33. The zero-order valence-electron chi connectivity index (χ0n) is 6.77. The summed E-state index contributed by atoms with van der Waals surface area (Å²) in [5, 5.41) is 13.1. The highest BCUT2D eigenvalue weighted by Gasteiger charge is 2.08. The summed E-state index contributed by atoms with van der Waals surface area (Å²) in [6.07, 6.45) is 1.57. The summed E-state index contributed by atoms with van der Waals surface area (Å²) in [5.74, 6) is 0.388. The number of hydrogen-bond donors (Lipinski definition) is 2. The highest BCUT2D eigenvalue weighted by Crippen LogP contribution is 2.19. The molecule has 1 aromatic carbocycles. The molecule has 0 saturated heterocycles. The van der Waals surface area contributed by atoms with E-state index in [2.05, 4.69) is 5.16 Å². The van der Waals surface area contributed by atoms with E-state index < -0.39 is 0 Å². The molecule has 4 heteroatoms. The molecule has 1 heterocycles. The molecule has 66 valence electrons. The molecular weight excluding hydrogens is 168 g/mol. The summed E-state index contributed by atoms with van der Waals surface area (Å²) < 4.78 is 5.15. The van der Waals surface area contributed by atoms with Gasteiger partial charge in [0.25, 0.3) is 0 Å². The van der Waals surface area contributed by atoms with E-state index in [4.69, 9.17) is 15.4 Å². The third kappa shape index (κ3) is 1.12. The van der Waals surface area contributed by atoms with Crippen molar-refractivity contribution < 1.29 is 9.62 Å². The van der Waals surface area contributed by atoms with Crippen LogP contribution in [0.3, 0.4) is 0 Å². The van der Waals surface area contributed by atoms with Gasteiger partial charge in [-0.25, -0.2) is 0 Å². The molecule has 2 rings (SSSR count). The Morgan fingerprint density at radius 2 is 2.15 bits per heavy atom. The molecule has 0 atom stereocenters. The molecule has 0 amide bonds. The Kier molecular flexibility index (Phi) is 1.66. The fourth-order valence-corrected chi connectivity index (χ4v) is 1.24. The third-order valence-electron chi connectivity index (χ3n) is 1.85. The van der Waals surface area contributed by atoms with E-state index in [-0.39, 0.29) is 5.84 Å². The lowest BCUT2D eigenvalue weighted by molar-refractivity contribution is 0.317. The predicted octanol–water partition coefficient (Wildman–Crippen LogP) is 1.53. The number of nitrogens with two attached hydrogens (primary N) is 1. The van der Waals surface area contributed by atoms with Gasteiger partial charge in [0.1, 0.15) is 0 Å². The van der Waals surface area contributed by atoms with Crippen LogP contribution in [0, 0.1) is 0 Å². The Morgan fingerprint density at radius 1 is 1.38 bits per heavy atom. The number of nitrogens with zero attached hydrogens (tertiary/aromatic N) is 1. The molecule has 1 aromatic heterocycles. The van der Waals surface area contributed by atoms with Crippen LogP contribution in [-0.2, 0) is 0 Å². The number of hydrogen-bond acceptors (Lipinski definition) is 3. The third-order valence-corrected chi connectivity index (χ3v) is 1.85. The fourth-order valence-electron chi connectivity index (χ4n) is 1.24. The van der Waals surface area contributed by atoms with Crippen LogP contribution in [0.1, 0.15) is 5.76 Å². The lowest BCUT2D eigenvalue weighted by Gasteiger charge is -1.92. The smallest absolute Gasteiger partial charge is 0.206 e. The van der Waals surface area contributed by atoms with Gasteiger partial charge in [0.15, 0.2) is 5.76 Å². The van der Waals surface area contributed by atoms with E-state index in [1.165, 1.54) is 0 Å². The number of rotatable bonds is 1. The van der Waals surface area contributed by atoms with E-state index in [1.807, 2.05) is 24.3 Å². The molecule has 0 radical (unpaired) electrons. The summed E-state index contributed by atoms with van der Waals surface area (Å²) >= 11 is 0. The minimum absolute atomic E-state index is 0.0128. The lowest BCUT2D eigenvalue weighted by atomic mass is 10.2. The van der Waals surface area contributed by atoms with Crippen LogP contribution < -0.4 is 5.73 Å². The van der Waals surface area contributed by atoms with Gasteiger partial charge in [-0.1, -0.05) is 29.4 Å². The van der Waals surface area contributed by atoms with Gasteiger partial charge >= 0.3 is 0 Å². The maximum absolute atomic E-state index is 8.47. The predicted molar refractivity (Wildman–Crippen MR) is 48.7 cm³/mol. The molecule has 13 heavy (non-hydrogen) atoms. The molecule has 4 nitrogen and oxygen atoms in total. The Bertz CT molecular complexity index is 459. The standard InChI is InChI=1S/C9H8N2O2/c10-9(11-12)8-7-4-2-1-3-6(7)5-13-8/h1-5,12H,(H2,10,11). The minimum atomic E-state index is -0.0128. The van der Waals surface area contributed by atoms with Gasteiger partial charge in [-0.15, -0.1) is 0 Å². The normalized spacial score (nSPS) is 12.2. The Balaban J connectivity index is 2.71.